The minimum atomic E-state index is -0.565. The Hall–Kier alpha value is -3.66. The van der Waals surface area contributed by atoms with Crippen LogP contribution in [0.4, 0.5) is 11.4 Å². The third-order valence-corrected chi connectivity index (χ3v) is 5.35. The molecule has 0 saturated carbocycles. The summed E-state index contributed by atoms with van der Waals surface area (Å²) in [6.07, 6.45) is 4.57. The standard InChI is InChI=1S/C24H24Cl2N6O3/c1-32(2)12-4-7-20(33)29-16-10-8-15(9-11-16)13-27-24(35)22-19(14-28-31-22)30-23(34)21-17(25)5-3-6-18(21)26/h3-11,14H,12-13H2,1-2H3,(H,27,35)(H,28,31)(H,29,33)(H,30,34)/b7-4+. The minimum Gasteiger partial charge on any atom is -0.347 e. The van der Waals surface area contributed by atoms with E-state index in [9.17, 15) is 14.4 Å². The summed E-state index contributed by atoms with van der Waals surface area (Å²) in [5.74, 6) is -1.25. The second-order valence-electron chi connectivity index (χ2n) is 7.74. The van der Waals surface area contributed by atoms with Crippen LogP contribution in [0.2, 0.25) is 10.0 Å². The van der Waals surface area contributed by atoms with Crippen molar-refractivity contribution in [1.29, 1.82) is 0 Å². The molecule has 3 aromatic rings. The number of nitrogens with one attached hydrogen (secondary N) is 4. The van der Waals surface area contributed by atoms with Crippen molar-refractivity contribution in [1.82, 2.24) is 20.4 Å². The van der Waals surface area contributed by atoms with Crippen molar-refractivity contribution in [2.75, 3.05) is 31.3 Å². The van der Waals surface area contributed by atoms with Gasteiger partial charge in [-0.25, -0.2) is 0 Å². The molecule has 0 aliphatic carbocycles. The lowest BCUT2D eigenvalue weighted by Crippen LogP contribution is -2.25. The van der Waals surface area contributed by atoms with Gasteiger partial charge < -0.3 is 20.9 Å². The van der Waals surface area contributed by atoms with Crippen molar-refractivity contribution < 1.29 is 14.4 Å². The number of amides is 3. The summed E-state index contributed by atoms with van der Waals surface area (Å²) in [6.45, 7) is 0.889. The fourth-order valence-corrected chi connectivity index (χ4v) is 3.55. The zero-order valence-corrected chi connectivity index (χ0v) is 20.6. The lowest BCUT2D eigenvalue weighted by atomic mass is 10.2. The Bertz CT molecular complexity index is 1220. The van der Waals surface area contributed by atoms with E-state index in [-0.39, 0.29) is 39.4 Å². The number of aromatic amines is 1. The second kappa shape index (κ2) is 12.2. The number of carbonyl (C=O) groups excluding carboxylic acids is 3. The summed E-state index contributed by atoms with van der Waals surface area (Å²) >= 11 is 12.2. The SMILES string of the molecule is CN(C)C/C=C/C(=O)Nc1ccc(CNC(=O)c2[nH]ncc2NC(=O)c2c(Cl)cccc2Cl)cc1. The molecule has 0 spiro atoms. The van der Waals surface area contributed by atoms with Gasteiger partial charge in [0.2, 0.25) is 5.91 Å². The molecule has 182 valence electrons. The number of likely N-dealkylation sites (N-methyl/N-ethyl adjacent to an activating group) is 1. The van der Waals surface area contributed by atoms with Crippen LogP contribution in [0.1, 0.15) is 26.4 Å². The molecule has 3 rings (SSSR count). The maximum Gasteiger partial charge on any atom is 0.271 e. The summed E-state index contributed by atoms with van der Waals surface area (Å²) in [5, 5.41) is 14.9. The number of anilines is 2. The van der Waals surface area contributed by atoms with E-state index in [0.717, 1.165) is 5.56 Å². The van der Waals surface area contributed by atoms with Crippen LogP contribution >= 0.6 is 23.2 Å². The summed E-state index contributed by atoms with van der Waals surface area (Å²) in [6, 6.07) is 11.8. The molecule has 3 amide bonds. The van der Waals surface area contributed by atoms with E-state index in [2.05, 4.69) is 26.1 Å². The number of nitrogens with zero attached hydrogens (tertiary/aromatic N) is 2. The zero-order valence-electron chi connectivity index (χ0n) is 19.1. The molecule has 1 heterocycles. The predicted octanol–water partition coefficient (Wildman–Crippen LogP) is 3.96. The zero-order chi connectivity index (χ0) is 25.4. The van der Waals surface area contributed by atoms with Crippen molar-refractivity contribution >= 4 is 52.3 Å². The third kappa shape index (κ3) is 7.41. The number of benzene rings is 2. The molecule has 0 saturated heterocycles. The lowest BCUT2D eigenvalue weighted by Gasteiger charge is -2.09. The molecule has 11 heteroatoms. The van der Waals surface area contributed by atoms with Crippen LogP contribution in [0.25, 0.3) is 0 Å². The smallest absolute Gasteiger partial charge is 0.271 e. The first-order valence-corrected chi connectivity index (χ1v) is 11.3. The average Bonchev–Trinajstić information content (AvgIpc) is 3.26. The topological polar surface area (TPSA) is 119 Å². The van der Waals surface area contributed by atoms with Crippen molar-refractivity contribution in [2.45, 2.75) is 6.54 Å². The highest BCUT2D eigenvalue weighted by molar-refractivity contribution is 6.40. The number of aromatic nitrogens is 2. The van der Waals surface area contributed by atoms with Crippen LogP contribution in [0, 0.1) is 0 Å². The van der Waals surface area contributed by atoms with Gasteiger partial charge in [-0.3, -0.25) is 19.5 Å². The Balaban J connectivity index is 1.56. The summed E-state index contributed by atoms with van der Waals surface area (Å²) in [4.78, 5) is 39.2. The van der Waals surface area contributed by atoms with Gasteiger partial charge >= 0.3 is 0 Å². The van der Waals surface area contributed by atoms with Gasteiger partial charge in [-0.2, -0.15) is 5.10 Å². The van der Waals surface area contributed by atoms with Crippen LogP contribution in [0.15, 0.2) is 60.8 Å². The van der Waals surface area contributed by atoms with Crippen LogP contribution in [0.3, 0.4) is 0 Å². The van der Waals surface area contributed by atoms with Crippen molar-refractivity contribution in [3.05, 3.63) is 87.7 Å². The predicted molar refractivity (Wildman–Crippen MR) is 137 cm³/mol. The van der Waals surface area contributed by atoms with E-state index >= 15 is 0 Å². The second-order valence-corrected chi connectivity index (χ2v) is 8.56. The number of hydrogen-bond donors (Lipinski definition) is 4. The van der Waals surface area contributed by atoms with Gasteiger partial charge in [0, 0.05) is 24.9 Å². The largest absolute Gasteiger partial charge is 0.347 e. The number of carbonyl (C=O) groups is 3. The normalized spacial score (nSPS) is 11.0. The molecule has 0 unspecified atom stereocenters. The van der Waals surface area contributed by atoms with Gasteiger partial charge in [0.15, 0.2) is 0 Å². The highest BCUT2D eigenvalue weighted by atomic mass is 35.5. The molecule has 0 aliphatic rings. The van der Waals surface area contributed by atoms with E-state index in [1.54, 1.807) is 48.5 Å². The maximum absolute atomic E-state index is 12.7. The number of H-pyrrole nitrogens is 1. The number of rotatable bonds is 9. The number of halogens is 2. The van der Waals surface area contributed by atoms with Gasteiger partial charge in [-0.05, 0) is 43.9 Å². The van der Waals surface area contributed by atoms with Crippen LogP contribution < -0.4 is 16.0 Å². The monoisotopic (exact) mass is 514 g/mol. The summed E-state index contributed by atoms with van der Waals surface area (Å²) < 4.78 is 0. The quantitative estimate of drug-likeness (QED) is 0.322. The Morgan fingerprint density at radius 1 is 1.00 bits per heavy atom. The first-order valence-electron chi connectivity index (χ1n) is 10.5. The highest BCUT2D eigenvalue weighted by Crippen LogP contribution is 2.25. The molecule has 9 nitrogen and oxygen atoms in total. The molecule has 4 N–H and O–H groups in total. The summed E-state index contributed by atoms with van der Waals surface area (Å²) in [7, 11) is 3.83. The summed E-state index contributed by atoms with van der Waals surface area (Å²) in [5.41, 5.74) is 1.81. The van der Waals surface area contributed by atoms with E-state index in [0.29, 0.717) is 12.2 Å². The molecule has 0 bridgehead atoms. The van der Waals surface area contributed by atoms with Crippen molar-refractivity contribution in [3.8, 4) is 0 Å². The van der Waals surface area contributed by atoms with Crippen LogP contribution in [0.5, 0.6) is 0 Å². The van der Waals surface area contributed by atoms with E-state index < -0.39 is 11.8 Å². The minimum absolute atomic E-state index is 0.0786. The van der Waals surface area contributed by atoms with Gasteiger partial charge in [0.25, 0.3) is 11.8 Å². The van der Waals surface area contributed by atoms with E-state index in [4.69, 9.17) is 23.2 Å². The van der Waals surface area contributed by atoms with Crippen LogP contribution in [-0.4, -0.2) is 53.5 Å². The van der Waals surface area contributed by atoms with Gasteiger partial charge in [-0.15, -0.1) is 0 Å². The van der Waals surface area contributed by atoms with E-state index in [1.807, 2.05) is 19.0 Å². The average molecular weight is 515 g/mol. The van der Waals surface area contributed by atoms with Crippen molar-refractivity contribution in [3.63, 3.8) is 0 Å². The fourth-order valence-electron chi connectivity index (χ4n) is 2.98. The van der Waals surface area contributed by atoms with E-state index in [1.165, 1.54) is 12.3 Å². The molecule has 35 heavy (non-hydrogen) atoms. The molecule has 1 aromatic heterocycles. The fraction of sp³-hybridized carbons (Fsp3) is 0.167. The van der Waals surface area contributed by atoms with Gasteiger partial charge in [0.05, 0.1) is 27.5 Å². The Labute approximate surface area is 212 Å². The maximum atomic E-state index is 12.7. The highest BCUT2D eigenvalue weighted by Gasteiger charge is 2.19. The van der Waals surface area contributed by atoms with Crippen molar-refractivity contribution in [2.24, 2.45) is 0 Å². The molecule has 0 atom stereocenters. The lowest BCUT2D eigenvalue weighted by molar-refractivity contribution is -0.111. The Morgan fingerprint density at radius 2 is 1.69 bits per heavy atom. The first-order chi connectivity index (χ1) is 16.7. The van der Waals surface area contributed by atoms with Crippen LogP contribution in [-0.2, 0) is 11.3 Å². The Morgan fingerprint density at radius 3 is 2.34 bits per heavy atom. The van der Waals surface area contributed by atoms with Gasteiger partial charge in [-0.1, -0.05) is 47.5 Å². The molecular weight excluding hydrogens is 491 g/mol. The van der Waals surface area contributed by atoms with Gasteiger partial charge in [0.1, 0.15) is 5.69 Å². The molecule has 0 fully saturated rings. The molecular formula is C24H24Cl2N6O3. The molecule has 2 aromatic carbocycles. The number of hydrogen-bond acceptors (Lipinski definition) is 5. The first kappa shape index (κ1) is 26.0. The third-order valence-electron chi connectivity index (χ3n) is 4.72. The molecule has 0 aliphatic heterocycles. The molecule has 0 radical (unpaired) electrons. The Kier molecular flexibility index (Phi) is 9.02.